The summed E-state index contributed by atoms with van der Waals surface area (Å²) in [4.78, 5) is 24.6. The molecule has 1 amide bonds. The van der Waals surface area contributed by atoms with Gasteiger partial charge in [-0.15, -0.1) is 0 Å². The van der Waals surface area contributed by atoms with Gasteiger partial charge in [-0.1, -0.05) is 41.9 Å². The molecule has 0 saturated heterocycles. The molecule has 0 fully saturated rings. The Hall–Kier alpha value is -2.42. The third-order valence-electron chi connectivity index (χ3n) is 3.59. The lowest BCUT2D eigenvalue weighted by molar-refractivity contribution is -0.131. The van der Waals surface area contributed by atoms with Crippen molar-refractivity contribution in [3.8, 4) is 0 Å². The van der Waals surface area contributed by atoms with Gasteiger partial charge in [0.1, 0.15) is 4.90 Å². The molecule has 144 valence electrons. The van der Waals surface area contributed by atoms with Gasteiger partial charge in [0.25, 0.3) is 5.91 Å². The van der Waals surface area contributed by atoms with Crippen molar-refractivity contribution >= 4 is 33.5 Å². The average molecular weight is 411 g/mol. The molecule has 1 N–H and O–H groups in total. The predicted molar refractivity (Wildman–Crippen MR) is 101 cm³/mol. The second-order valence-corrected chi connectivity index (χ2v) is 7.96. The van der Waals surface area contributed by atoms with Gasteiger partial charge in [0.2, 0.25) is 10.0 Å². The number of nitrogens with zero attached hydrogens (tertiary/aromatic N) is 1. The number of rotatable bonds is 7. The van der Waals surface area contributed by atoms with Crippen LogP contribution in [0, 0.1) is 0 Å². The van der Waals surface area contributed by atoms with E-state index in [0.29, 0.717) is 0 Å². The van der Waals surface area contributed by atoms with Gasteiger partial charge in [-0.3, -0.25) is 4.79 Å². The van der Waals surface area contributed by atoms with Gasteiger partial charge >= 0.3 is 5.97 Å². The fraction of sp³-hybridized carbons (Fsp3) is 0.222. The number of hydrogen-bond donors (Lipinski definition) is 1. The molecular weight excluding hydrogens is 392 g/mol. The molecule has 0 spiro atoms. The SMILES string of the molecule is CN(C)C(=O)COC(=O)c1ccc(Cl)c(S(=O)(=O)NCc2ccccc2)c1. The highest BCUT2D eigenvalue weighted by atomic mass is 35.5. The maximum Gasteiger partial charge on any atom is 0.338 e. The van der Waals surface area contributed by atoms with Crippen molar-refractivity contribution in [3.05, 3.63) is 64.7 Å². The summed E-state index contributed by atoms with van der Waals surface area (Å²) in [6.45, 7) is -0.367. The molecule has 0 aliphatic rings. The van der Waals surface area contributed by atoms with Crippen LogP contribution in [0.2, 0.25) is 5.02 Å². The number of halogens is 1. The van der Waals surface area contributed by atoms with Crippen LogP contribution in [-0.4, -0.2) is 45.9 Å². The van der Waals surface area contributed by atoms with Crippen LogP contribution in [0.4, 0.5) is 0 Å². The molecule has 0 radical (unpaired) electrons. The Balaban J connectivity index is 2.15. The molecule has 0 saturated carbocycles. The third-order valence-corrected chi connectivity index (χ3v) is 5.47. The Morgan fingerprint density at radius 2 is 1.78 bits per heavy atom. The highest BCUT2D eigenvalue weighted by molar-refractivity contribution is 7.89. The van der Waals surface area contributed by atoms with E-state index in [1.54, 1.807) is 24.3 Å². The summed E-state index contributed by atoms with van der Waals surface area (Å²) in [5, 5.41) is -0.0310. The van der Waals surface area contributed by atoms with E-state index in [2.05, 4.69) is 4.72 Å². The molecule has 27 heavy (non-hydrogen) atoms. The minimum Gasteiger partial charge on any atom is -0.452 e. The monoisotopic (exact) mass is 410 g/mol. The number of benzene rings is 2. The van der Waals surface area contributed by atoms with Crippen molar-refractivity contribution in [2.75, 3.05) is 20.7 Å². The Labute approximate surface area is 162 Å². The highest BCUT2D eigenvalue weighted by Gasteiger charge is 2.21. The molecule has 0 bridgehead atoms. The average Bonchev–Trinajstić information content (AvgIpc) is 2.65. The van der Waals surface area contributed by atoms with Gasteiger partial charge in [-0.25, -0.2) is 17.9 Å². The van der Waals surface area contributed by atoms with Gasteiger partial charge in [-0.2, -0.15) is 0 Å². The van der Waals surface area contributed by atoms with E-state index in [9.17, 15) is 18.0 Å². The molecule has 2 rings (SSSR count). The van der Waals surface area contributed by atoms with Gasteiger partial charge < -0.3 is 9.64 Å². The highest BCUT2D eigenvalue weighted by Crippen LogP contribution is 2.23. The lowest BCUT2D eigenvalue weighted by atomic mass is 10.2. The maximum absolute atomic E-state index is 12.5. The molecule has 0 aromatic heterocycles. The molecule has 9 heteroatoms. The van der Waals surface area contributed by atoms with Crippen LogP contribution in [0.15, 0.2) is 53.4 Å². The Bertz CT molecular complexity index is 930. The van der Waals surface area contributed by atoms with Crippen LogP contribution in [0.3, 0.4) is 0 Å². The zero-order chi connectivity index (χ0) is 20.0. The van der Waals surface area contributed by atoms with Crippen LogP contribution >= 0.6 is 11.6 Å². The van der Waals surface area contributed by atoms with E-state index in [4.69, 9.17) is 16.3 Å². The lowest BCUT2D eigenvalue weighted by Crippen LogP contribution is -2.27. The van der Waals surface area contributed by atoms with E-state index in [-0.39, 0.29) is 22.0 Å². The summed E-state index contributed by atoms with van der Waals surface area (Å²) in [6, 6.07) is 12.7. The van der Waals surface area contributed by atoms with Crippen LogP contribution in [-0.2, 0) is 26.1 Å². The smallest absolute Gasteiger partial charge is 0.338 e. The second kappa shape index (κ2) is 8.98. The molecule has 0 aliphatic carbocycles. The minimum atomic E-state index is -3.95. The molecule has 2 aromatic carbocycles. The number of hydrogen-bond acceptors (Lipinski definition) is 5. The van der Waals surface area contributed by atoms with E-state index in [0.717, 1.165) is 11.6 Å². The number of carbonyl (C=O) groups is 2. The molecule has 0 atom stereocenters. The first-order chi connectivity index (χ1) is 12.7. The Morgan fingerprint density at radius 3 is 2.41 bits per heavy atom. The van der Waals surface area contributed by atoms with E-state index < -0.39 is 28.5 Å². The van der Waals surface area contributed by atoms with Crippen molar-refractivity contribution in [1.82, 2.24) is 9.62 Å². The molecule has 0 aliphatic heterocycles. The zero-order valence-corrected chi connectivity index (χ0v) is 16.4. The fourth-order valence-corrected chi connectivity index (χ4v) is 3.57. The first-order valence-corrected chi connectivity index (χ1v) is 9.77. The van der Waals surface area contributed by atoms with Crippen LogP contribution in [0.5, 0.6) is 0 Å². The van der Waals surface area contributed by atoms with Crippen LogP contribution in [0.25, 0.3) is 0 Å². The summed E-state index contributed by atoms with van der Waals surface area (Å²) < 4.78 is 32.4. The van der Waals surface area contributed by atoms with E-state index in [1.807, 2.05) is 6.07 Å². The fourth-order valence-electron chi connectivity index (χ4n) is 2.03. The topological polar surface area (TPSA) is 92.8 Å². The van der Waals surface area contributed by atoms with E-state index >= 15 is 0 Å². The maximum atomic E-state index is 12.5. The van der Waals surface area contributed by atoms with Gasteiger partial charge in [0, 0.05) is 20.6 Å². The van der Waals surface area contributed by atoms with Crippen molar-refractivity contribution in [1.29, 1.82) is 0 Å². The predicted octanol–water partition coefficient (Wildman–Crippen LogP) is 2.06. The molecule has 2 aromatic rings. The number of sulfonamides is 1. The molecule has 0 unspecified atom stereocenters. The molecular formula is C18H19ClN2O5S. The van der Waals surface area contributed by atoms with Crippen molar-refractivity contribution in [3.63, 3.8) is 0 Å². The van der Waals surface area contributed by atoms with E-state index in [1.165, 1.54) is 31.1 Å². The van der Waals surface area contributed by atoms with Crippen molar-refractivity contribution < 1.29 is 22.7 Å². The Kier molecular flexibility index (Phi) is 6.95. The first-order valence-electron chi connectivity index (χ1n) is 7.91. The van der Waals surface area contributed by atoms with Gasteiger partial charge in [-0.05, 0) is 23.8 Å². The quantitative estimate of drug-likeness (QED) is 0.705. The van der Waals surface area contributed by atoms with Gasteiger partial charge in [0.05, 0.1) is 10.6 Å². The normalized spacial score (nSPS) is 11.1. The van der Waals surface area contributed by atoms with Crippen molar-refractivity contribution in [2.45, 2.75) is 11.4 Å². The number of ether oxygens (including phenoxy) is 1. The van der Waals surface area contributed by atoms with Crippen LogP contribution in [0.1, 0.15) is 15.9 Å². The first kappa shape index (κ1) is 20.9. The molecule has 0 heterocycles. The summed E-state index contributed by atoms with van der Waals surface area (Å²) in [7, 11) is -0.896. The minimum absolute atomic E-state index is 0.0222. The number of esters is 1. The third kappa shape index (κ3) is 5.78. The number of carbonyl (C=O) groups excluding carboxylic acids is 2. The van der Waals surface area contributed by atoms with Crippen LogP contribution < -0.4 is 4.72 Å². The van der Waals surface area contributed by atoms with Gasteiger partial charge in [0.15, 0.2) is 6.61 Å². The summed E-state index contributed by atoms with van der Waals surface area (Å²) >= 11 is 6.00. The summed E-state index contributed by atoms with van der Waals surface area (Å²) in [5.74, 6) is -1.21. The Morgan fingerprint density at radius 1 is 1.11 bits per heavy atom. The zero-order valence-electron chi connectivity index (χ0n) is 14.8. The molecule has 7 nitrogen and oxygen atoms in total. The number of nitrogens with one attached hydrogen (secondary N) is 1. The lowest BCUT2D eigenvalue weighted by Gasteiger charge is -2.12. The second-order valence-electron chi connectivity index (χ2n) is 5.82. The number of likely N-dealkylation sites (N-methyl/N-ethyl adjacent to an activating group) is 1. The van der Waals surface area contributed by atoms with Crippen molar-refractivity contribution in [2.24, 2.45) is 0 Å². The number of amides is 1. The largest absolute Gasteiger partial charge is 0.452 e. The standard InChI is InChI=1S/C18H19ClN2O5S/c1-21(2)17(22)12-26-18(23)14-8-9-15(19)16(10-14)27(24,25)20-11-13-6-4-3-5-7-13/h3-10,20H,11-12H2,1-2H3. The summed E-state index contributed by atoms with van der Waals surface area (Å²) in [6.07, 6.45) is 0. The summed E-state index contributed by atoms with van der Waals surface area (Å²) in [5.41, 5.74) is 0.751.